The van der Waals surface area contributed by atoms with E-state index in [4.69, 9.17) is 14.6 Å². The highest BCUT2D eigenvalue weighted by atomic mass is 19.1. The van der Waals surface area contributed by atoms with Gasteiger partial charge in [-0.1, -0.05) is 0 Å². The van der Waals surface area contributed by atoms with Gasteiger partial charge in [0.05, 0.1) is 13.2 Å². The maximum atomic E-state index is 12.6. The number of hydrogen-bond donors (Lipinski definition) is 2. The number of carboxylic acids is 1. The second-order valence-electron chi connectivity index (χ2n) is 4.20. The van der Waals surface area contributed by atoms with E-state index in [-0.39, 0.29) is 31.5 Å². The van der Waals surface area contributed by atoms with E-state index in [0.29, 0.717) is 25.2 Å². The maximum Gasteiger partial charge on any atom is 0.329 e. The number of carboxylic acid groups (broad SMARTS) is 1. The first kappa shape index (κ1) is 16.9. The Morgan fingerprint density at radius 3 is 2.57 bits per heavy atom. The Morgan fingerprint density at radius 2 is 1.90 bits per heavy atom. The Morgan fingerprint density at radius 1 is 1.19 bits per heavy atom. The topological polar surface area (TPSA) is 84.9 Å². The third kappa shape index (κ3) is 8.59. The molecule has 116 valence electrons. The molecule has 1 rings (SSSR count). The summed E-state index contributed by atoms with van der Waals surface area (Å²) in [6, 6.07) is 5.66. The molecule has 1 amide bonds. The minimum atomic E-state index is -1.04. The van der Waals surface area contributed by atoms with Crippen LogP contribution in [-0.2, 0) is 14.3 Å². The molecule has 0 fully saturated rings. The van der Waals surface area contributed by atoms with Crippen LogP contribution in [0.2, 0.25) is 0 Å². The van der Waals surface area contributed by atoms with E-state index in [1.165, 1.54) is 24.3 Å². The largest absolute Gasteiger partial charge is 0.494 e. The van der Waals surface area contributed by atoms with Crippen LogP contribution in [0.25, 0.3) is 0 Å². The van der Waals surface area contributed by atoms with Gasteiger partial charge < -0.3 is 19.9 Å². The number of amides is 1. The lowest BCUT2D eigenvalue weighted by molar-refractivity contribution is -0.142. The number of carbonyl (C=O) groups excluding carboxylic acids is 1. The summed E-state index contributed by atoms with van der Waals surface area (Å²) >= 11 is 0. The molecule has 1 aromatic carbocycles. The number of rotatable bonds is 10. The van der Waals surface area contributed by atoms with Crippen molar-refractivity contribution in [2.75, 3.05) is 26.4 Å². The van der Waals surface area contributed by atoms with Crippen molar-refractivity contribution in [2.45, 2.75) is 12.8 Å². The predicted octanol–water partition coefficient (Wildman–Crippen LogP) is 1.20. The van der Waals surface area contributed by atoms with E-state index in [0.717, 1.165) is 0 Å². The van der Waals surface area contributed by atoms with Crippen LogP contribution in [0, 0.1) is 5.82 Å². The van der Waals surface area contributed by atoms with E-state index in [1.54, 1.807) is 0 Å². The molecule has 0 radical (unpaired) electrons. The molecule has 0 aliphatic heterocycles. The first-order valence-electron chi connectivity index (χ1n) is 6.52. The third-order valence-electron chi connectivity index (χ3n) is 2.42. The number of ether oxygens (including phenoxy) is 2. The van der Waals surface area contributed by atoms with Gasteiger partial charge in [0.15, 0.2) is 0 Å². The number of benzene rings is 1. The lowest BCUT2D eigenvalue weighted by Gasteiger charge is -2.07. The van der Waals surface area contributed by atoms with Gasteiger partial charge in [-0.25, -0.2) is 9.18 Å². The van der Waals surface area contributed by atoms with E-state index in [2.05, 4.69) is 5.32 Å². The highest BCUT2D eigenvalue weighted by molar-refractivity contribution is 5.75. The van der Waals surface area contributed by atoms with Gasteiger partial charge >= 0.3 is 5.97 Å². The van der Waals surface area contributed by atoms with E-state index >= 15 is 0 Å². The second kappa shape index (κ2) is 9.71. The lowest BCUT2D eigenvalue weighted by atomic mass is 10.3. The lowest BCUT2D eigenvalue weighted by Crippen LogP contribution is -2.28. The minimum Gasteiger partial charge on any atom is -0.494 e. The van der Waals surface area contributed by atoms with Gasteiger partial charge in [0.2, 0.25) is 5.91 Å². The summed E-state index contributed by atoms with van der Waals surface area (Å²) in [6.07, 6.45) is 0.819. The van der Waals surface area contributed by atoms with E-state index in [9.17, 15) is 14.0 Å². The highest BCUT2D eigenvalue weighted by Gasteiger charge is 2.02. The summed E-state index contributed by atoms with van der Waals surface area (Å²) in [6.45, 7) is 0.408. The normalized spacial score (nSPS) is 10.1. The number of aliphatic carboxylic acids is 1. The molecule has 0 atom stereocenters. The van der Waals surface area contributed by atoms with Crippen molar-refractivity contribution in [3.05, 3.63) is 30.1 Å². The monoisotopic (exact) mass is 299 g/mol. The van der Waals surface area contributed by atoms with Gasteiger partial charge in [-0.3, -0.25) is 4.79 Å². The van der Waals surface area contributed by atoms with Crippen LogP contribution in [0.15, 0.2) is 24.3 Å². The van der Waals surface area contributed by atoms with Gasteiger partial charge in [-0.15, -0.1) is 0 Å². The second-order valence-corrected chi connectivity index (χ2v) is 4.20. The molecular formula is C14H18FNO5. The summed E-state index contributed by atoms with van der Waals surface area (Å²) in [5.74, 6) is -0.971. The number of carbonyl (C=O) groups is 2. The van der Waals surface area contributed by atoms with Crippen molar-refractivity contribution >= 4 is 11.9 Å². The quantitative estimate of drug-likeness (QED) is 0.634. The SMILES string of the molecule is O=C(O)COCCNC(=O)CCCOc1ccc(F)cc1. The van der Waals surface area contributed by atoms with Crippen molar-refractivity contribution in [3.63, 3.8) is 0 Å². The van der Waals surface area contributed by atoms with Crippen LogP contribution in [0.1, 0.15) is 12.8 Å². The third-order valence-corrected chi connectivity index (χ3v) is 2.42. The molecule has 0 aliphatic carbocycles. The van der Waals surface area contributed by atoms with Crippen molar-refractivity contribution in [1.29, 1.82) is 0 Å². The smallest absolute Gasteiger partial charge is 0.329 e. The van der Waals surface area contributed by atoms with Gasteiger partial charge in [-0.05, 0) is 30.7 Å². The van der Waals surface area contributed by atoms with Gasteiger partial charge in [0.25, 0.3) is 0 Å². The summed E-state index contributed by atoms with van der Waals surface area (Å²) in [4.78, 5) is 21.6. The summed E-state index contributed by atoms with van der Waals surface area (Å²) < 4.78 is 22.8. The molecule has 0 aliphatic rings. The number of nitrogens with one attached hydrogen (secondary N) is 1. The van der Waals surface area contributed by atoms with Crippen LogP contribution >= 0.6 is 0 Å². The number of halogens is 1. The van der Waals surface area contributed by atoms with Crippen LogP contribution in [0.4, 0.5) is 4.39 Å². The van der Waals surface area contributed by atoms with E-state index < -0.39 is 5.97 Å². The molecule has 7 heteroatoms. The fourth-order valence-corrected chi connectivity index (χ4v) is 1.46. The van der Waals surface area contributed by atoms with Crippen LogP contribution in [0.3, 0.4) is 0 Å². The average Bonchev–Trinajstić information content (AvgIpc) is 2.45. The minimum absolute atomic E-state index is 0.156. The molecule has 2 N–H and O–H groups in total. The molecule has 0 aromatic heterocycles. The van der Waals surface area contributed by atoms with Crippen molar-refractivity contribution in [1.82, 2.24) is 5.32 Å². The molecule has 0 heterocycles. The Labute approximate surface area is 121 Å². The van der Waals surface area contributed by atoms with Crippen LogP contribution in [-0.4, -0.2) is 43.3 Å². The molecule has 0 bridgehead atoms. The molecule has 21 heavy (non-hydrogen) atoms. The molecule has 0 unspecified atom stereocenters. The molecule has 6 nitrogen and oxygen atoms in total. The average molecular weight is 299 g/mol. The Kier molecular flexibility index (Phi) is 7.81. The zero-order valence-corrected chi connectivity index (χ0v) is 11.5. The first-order valence-corrected chi connectivity index (χ1v) is 6.52. The van der Waals surface area contributed by atoms with Gasteiger partial charge in [0.1, 0.15) is 18.2 Å². The highest BCUT2D eigenvalue weighted by Crippen LogP contribution is 2.11. The van der Waals surface area contributed by atoms with Gasteiger partial charge in [-0.2, -0.15) is 0 Å². The maximum absolute atomic E-state index is 12.6. The van der Waals surface area contributed by atoms with Crippen molar-refractivity contribution in [2.24, 2.45) is 0 Å². The zero-order chi connectivity index (χ0) is 15.5. The Balaban J connectivity index is 2.00. The standard InChI is InChI=1S/C14H18FNO5/c15-11-3-5-12(6-4-11)21-8-1-2-13(17)16-7-9-20-10-14(18)19/h3-6H,1-2,7-10H2,(H,16,17)(H,18,19). The van der Waals surface area contributed by atoms with Crippen molar-refractivity contribution in [3.8, 4) is 5.75 Å². The summed E-state index contributed by atoms with van der Waals surface area (Å²) in [7, 11) is 0. The molecule has 0 saturated heterocycles. The summed E-state index contributed by atoms with van der Waals surface area (Å²) in [5.41, 5.74) is 0. The Hall–Kier alpha value is -2.15. The van der Waals surface area contributed by atoms with E-state index in [1.807, 2.05) is 0 Å². The zero-order valence-electron chi connectivity index (χ0n) is 11.5. The van der Waals surface area contributed by atoms with Crippen LogP contribution < -0.4 is 10.1 Å². The molecular weight excluding hydrogens is 281 g/mol. The molecule has 0 saturated carbocycles. The predicted molar refractivity (Wildman–Crippen MR) is 72.6 cm³/mol. The van der Waals surface area contributed by atoms with Crippen LogP contribution in [0.5, 0.6) is 5.75 Å². The first-order chi connectivity index (χ1) is 10.1. The molecule has 1 aromatic rings. The number of hydrogen-bond acceptors (Lipinski definition) is 4. The van der Waals surface area contributed by atoms with Gasteiger partial charge in [0, 0.05) is 13.0 Å². The summed E-state index contributed by atoms with van der Waals surface area (Å²) in [5, 5.41) is 10.9. The fourth-order valence-electron chi connectivity index (χ4n) is 1.46. The fraction of sp³-hybridized carbons (Fsp3) is 0.429. The Bertz CT molecular complexity index is 449. The molecule has 0 spiro atoms. The van der Waals surface area contributed by atoms with Crippen molar-refractivity contribution < 1.29 is 28.6 Å².